The number of rotatable bonds is 2. The van der Waals surface area contributed by atoms with Gasteiger partial charge in [-0.2, -0.15) is 0 Å². The Morgan fingerprint density at radius 1 is 1.38 bits per heavy atom. The van der Waals surface area contributed by atoms with E-state index in [0.29, 0.717) is 5.75 Å². The molecule has 0 saturated heterocycles. The fraction of sp³-hybridized carbons (Fsp3) is 0.167. The van der Waals surface area contributed by atoms with Crippen LogP contribution in [0, 0.1) is 6.92 Å². The molecular weight excluding hydrogens is 160 g/mol. The highest BCUT2D eigenvalue weighted by Crippen LogP contribution is 2.23. The first-order valence-electron chi connectivity index (χ1n) is 4.27. The summed E-state index contributed by atoms with van der Waals surface area (Å²) in [6.45, 7) is 7.66. The molecule has 13 heavy (non-hydrogen) atoms. The van der Waals surface area contributed by atoms with E-state index in [1.807, 2.05) is 26.0 Å². The van der Waals surface area contributed by atoms with Crippen LogP contribution in [-0.4, -0.2) is 5.11 Å². The second-order valence-corrected chi connectivity index (χ2v) is 2.97. The molecule has 68 valence electrons. The summed E-state index contributed by atoms with van der Waals surface area (Å²) in [4.78, 5) is 0. The smallest absolute Gasteiger partial charge is 0.116 e. The molecule has 0 fully saturated rings. The van der Waals surface area contributed by atoms with E-state index in [4.69, 9.17) is 0 Å². The number of aryl methyl sites for hydroxylation is 1. The average Bonchev–Trinajstić information content (AvgIpc) is 2.09. The lowest BCUT2D eigenvalue weighted by Crippen LogP contribution is -1.85. The standard InChI is InChI=1S/C12H14O/c1-4-6-12-9(3)7-11(13)8-10(12)5-2/h4-8,13H,2H2,1,3H3/b6-4-. The van der Waals surface area contributed by atoms with Gasteiger partial charge in [0, 0.05) is 0 Å². The van der Waals surface area contributed by atoms with Crippen molar-refractivity contribution in [1.29, 1.82) is 0 Å². The second kappa shape index (κ2) is 3.94. The zero-order valence-corrected chi connectivity index (χ0v) is 8.04. The molecule has 1 aromatic carbocycles. The number of allylic oxidation sites excluding steroid dienone is 1. The second-order valence-electron chi connectivity index (χ2n) is 2.97. The summed E-state index contributed by atoms with van der Waals surface area (Å²) in [5.41, 5.74) is 3.15. The molecule has 0 unspecified atom stereocenters. The van der Waals surface area contributed by atoms with Gasteiger partial charge < -0.3 is 5.11 Å². The molecule has 0 amide bonds. The summed E-state index contributed by atoms with van der Waals surface area (Å²) in [6, 6.07) is 3.47. The SMILES string of the molecule is C=Cc1cc(O)cc(C)c1/C=C\C. The van der Waals surface area contributed by atoms with E-state index in [9.17, 15) is 5.11 Å². The van der Waals surface area contributed by atoms with Crippen molar-refractivity contribution in [3.63, 3.8) is 0 Å². The van der Waals surface area contributed by atoms with Crippen molar-refractivity contribution in [1.82, 2.24) is 0 Å². The largest absolute Gasteiger partial charge is 0.508 e. The molecule has 0 aliphatic carbocycles. The van der Waals surface area contributed by atoms with Crippen LogP contribution in [0.4, 0.5) is 0 Å². The third-order valence-electron chi connectivity index (χ3n) is 1.96. The number of benzene rings is 1. The number of hydrogen-bond donors (Lipinski definition) is 1. The van der Waals surface area contributed by atoms with E-state index in [-0.39, 0.29) is 0 Å². The number of phenols is 1. The molecule has 0 atom stereocenters. The first-order chi connectivity index (χ1) is 6.19. The molecule has 1 heteroatoms. The Bertz CT molecular complexity index is 348. The van der Waals surface area contributed by atoms with Crippen molar-refractivity contribution < 1.29 is 5.11 Å². The van der Waals surface area contributed by atoms with Crippen molar-refractivity contribution >= 4 is 12.2 Å². The lowest BCUT2D eigenvalue weighted by atomic mass is 10.0. The molecule has 0 bridgehead atoms. The summed E-state index contributed by atoms with van der Waals surface area (Å²) >= 11 is 0. The van der Waals surface area contributed by atoms with Crippen LogP contribution in [0.2, 0.25) is 0 Å². The van der Waals surface area contributed by atoms with Crippen LogP contribution in [-0.2, 0) is 0 Å². The van der Waals surface area contributed by atoms with Gasteiger partial charge in [-0.1, -0.05) is 24.8 Å². The topological polar surface area (TPSA) is 20.2 Å². The Labute approximate surface area is 79.0 Å². The first kappa shape index (κ1) is 9.59. The fourth-order valence-electron chi connectivity index (χ4n) is 1.37. The minimum atomic E-state index is 0.292. The van der Waals surface area contributed by atoms with Crippen LogP contribution < -0.4 is 0 Å². The molecule has 1 aromatic rings. The van der Waals surface area contributed by atoms with Crippen LogP contribution in [0.3, 0.4) is 0 Å². The van der Waals surface area contributed by atoms with Crippen molar-refractivity contribution in [2.75, 3.05) is 0 Å². The molecular formula is C12H14O. The van der Waals surface area contributed by atoms with E-state index >= 15 is 0 Å². The molecule has 0 spiro atoms. The highest BCUT2D eigenvalue weighted by molar-refractivity contribution is 5.68. The molecule has 0 heterocycles. The Morgan fingerprint density at radius 3 is 2.62 bits per heavy atom. The third kappa shape index (κ3) is 2.00. The van der Waals surface area contributed by atoms with Gasteiger partial charge in [-0.05, 0) is 42.7 Å². The Morgan fingerprint density at radius 2 is 2.08 bits per heavy atom. The summed E-state index contributed by atoms with van der Waals surface area (Å²) in [5.74, 6) is 0.292. The lowest BCUT2D eigenvalue weighted by molar-refractivity contribution is 0.474. The minimum Gasteiger partial charge on any atom is -0.508 e. The van der Waals surface area contributed by atoms with Crippen LogP contribution in [0.1, 0.15) is 23.6 Å². The zero-order chi connectivity index (χ0) is 9.84. The van der Waals surface area contributed by atoms with E-state index in [1.54, 1.807) is 18.2 Å². The third-order valence-corrected chi connectivity index (χ3v) is 1.96. The normalized spacial score (nSPS) is 10.6. The molecule has 0 aliphatic rings. The monoisotopic (exact) mass is 174 g/mol. The molecule has 1 rings (SSSR count). The highest BCUT2D eigenvalue weighted by Gasteiger charge is 2.01. The lowest BCUT2D eigenvalue weighted by Gasteiger charge is -2.06. The molecule has 0 radical (unpaired) electrons. The Balaban J connectivity index is 3.37. The number of aromatic hydroxyl groups is 1. The van der Waals surface area contributed by atoms with Crippen molar-refractivity contribution in [3.8, 4) is 5.75 Å². The van der Waals surface area contributed by atoms with Crippen LogP contribution in [0.15, 0.2) is 24.8 Å². The number of hydrogen-bond acceptors (Lipinski definition) is 1. The van der Waals surface area contributed by atoms with Gasteiger partial charge in [0.1, 0.15) is 5.75 Å². The maximum Gasteiger partial charge on any atom is 0.116 e. The van der Waals surface area contributed by atoms with E-state index in [0.717, 1.165) is 16.7 Å². The molecule has 1 N–H and O–H groups in total. The highest BCUT2D eigenvalue weighted by atomic mass is 16.3. The van der Waals surface area contributed by atoms with Crippen molar-refractivity contribution in [2.24, 2.45) is 0 Å². The predicted octanol–water partition coefficient (Wildman–Crippen LogP) is 3.38. The van der Waals surface area contributed by atoms with Crippen molar-refractivity contribution in [3.05, 3.63) is 41.5 Å². The van der Waals surface area contributed by atoms with Gasteiger partial charge in [-0.3, -0.25) is 0 Å². The molecule has 0 aliphatic heterocycles. The summed E-state index contributed by atoms with van der Waals surface area (Å²) in [6.07, 6.45) is 5.75. The maximum atomic E-state index is 9.35. The Kier molecular flexibility index (Phi) is 2.91. The van der Waals surface area contributed by atoms with E-state index in [1.165, 1.54) is 0 Å². The van der Waals surface area contributed by atoms with Gasteiger partial charge in [0.05, 0.1) is 0 Å². The minimum absolute atomic E-state index is 0.292. The van der Waals surface area contributed by atoms with E-state index < -0.39 is 0 Å². The van der Waals surface area contributed by atoms with Gasteiger partial charge in [-0.25, -0.2) is 0 Å². The van der Waals surface area contributed by atoms with Crippen LogP contribution in [0.25, 0.3) is 12.2 Å². The van der Waals surface area contributed by atoms with Gasteiger partial charge >= 0.3 is 0 Å². The van der Waals surface area contributed by atoms with Crippen LogP contribution >= 0.6 is 0 Å². The van der Waals surface area contributed by atoms with Gasteiger partial charge in [0.25, 0.3) is 0 Å². The Hall–Kier alpha value is -1.50. The summed E-state index contributed by atoms with van der Waals surface area (Å²) in [7, 11) is 0. The zero-order valence-electron chi connectivity index (χ0n) is 8.04. The molecule has 0 aromatic heterocycles. The predicted molar refractivity (Wildman–Crippen MR) is 57.6 cm³/mol. The van der Waals surface area contributed by atoms with Crippen LogP contribution in [0.5, 0.6) is 5.75 Å². The number of phenolic OH excluding ortho intramolecular Hbond substituents is 1. The summed E-state index contributed by atoms with van der Waals surface area (Å²) in [5, 5.41) is 9.35. The maximum absolute atomic E-state index is 9.35. The average molecular weight is 174 g/mol. The van der Waals surface area contributed by atoms with Gasteiger partial charge in [0.2, 0.25) is 0 Å². The molecule has 1 nitrogen and oxygen atoms in total. The van der Waals surface area contributed by atoms with Gasteiger partial charge in [-0.15, -0.1) is 0 Å². The summed E-state index contributed by atoms with van der Waals surface area (Å²) < 4.78 is 0. The van der Waals surface area contributed by atoms with Crippen molar-refractivity contribution in [2.45, 2.75) is 13.8 Å². The molecule has 0 saturated carbocycles. The first-order valence-corrected chi connectivity index (χ1v) is 4.27. The quantitative estimate of drug-likeness (QED) is 0.728. The van der Waals surface area contributed by atoms with Gasteiger partial charge in [0.15, 0.2) is 0 Å². The fourth-order valence-corrected chi connectivity index (χ4v) is 1.37. The van der Waals surface area contributed by atoms with E-state index in [2.05, 4.69) is 6.58 Å².